The van der Waals surface area contributed by atoms with Gasteiger partial charge in [-0.05, 0) is 43.7 Å². The summed E-state index contributed by atoms with van der Waals surface area (Å²) in [6, 6.07) is 5.91. The Morgan fingerprint density at radius 2 is 1.79 bits per heavy atom. The third-order valence-corrected chi connectivity index (χ3v) is 3.98. The number of hydrogen-bond acceptors (Lipinski definition) is 5. The largest absolute Gasteiger partial charge is 0.399 e. The maximum absolute atomic E-state index is 12.1. The van der Waals surface area contributed by atoms with Gasteiger partial charge in [0.15, 0.2) is 0 Å². The van der Waals surface area contributed by atoms with Crippen LogP contribution in [0.5, 0.6) is 0 Å². The second kappa shape index (κ2) is 4.85. The summed E-state index contributed by atoms with van der Waals surface area (Å²) in [5.74, 6) is 0.0555. The van der Waals surface area contributed by atoms with Gasteiger partial charge in [0.2, 0.25) is 5.95 Å². The molecule has 6 nitrogen and oxygen atoms in total. The van der Waals surface area contributed by atoms with E-state index >= 15 is 0 Å². The lowest BCUT2D eigenvalue weighted by molar-refractivity contribution is 0.601. The summed E-state index contributed by atoms with van der Waals surface area (Å²) >= 11 is 0. The Bertz CT molecular complexity index is 696. The highest BCUT2D eigenvalue weighted by Crippen LogP contribution is 2.15. The van der Waals surface area contributed by atoms with Crippen LogP contribution in [0.2, 0.25) is 0 Å². The third-order valence-electron chi connectivity index (χ3n) is 2.64. The molecule has 0 bridgehead atoms. The maximum Gasteiger partial charge on any atom is 0.264 e. The predicted octanol–water partition coefficient (Wildman–Crippen LogP) is 1.48. The topological polar surface area (TPSA) is 98.0 Å². The fraction of sp³-hybridized carbons (Fsp3) is 0.167. The van der Waals surface area contributed by atoms with Crippen molar-refractivity contribution in [2.75, 3.05) is 10.5 Å². The summed E-state index contributed by atoms with van der Waals surface area (Å²) in [7, 11) is -3.69. The lowest BCUT2D eigenvalue weighted by atomic mass is 10.3. The minimum Gasteiger partial charge on any atom is -0.399 e. The summed E-state index contributed by atoms with van der Waals surface area (Å²) in [4.78, 5) is 8.13. The van der Waals surface area contributed by atoms with Crippen molar-refractivity contribution in [1.29, 1.82) is 0 Å². The van der Waals surface area contributed by atoms with E-state index in [2.05, 4.69) is 14.7 Å². The van der Waals surface area contributed by atoms with Crippen molar-refractivity contribution in [2.24, 2.45) is 0 Å². The van der Waals surface area contributed by atoms with E-state index in [9.17, 15) is 8.42 Å². The van der Waals surface area contributed by atoms with Gasteiger partial charge < -0.3 is 5.73 Å². The number of benzene rings is 1. The van der Waals surface area contributed by atoms with Gasteiger partial charge >= 0.3 is 0 Å². The number of nitrogens with two attached hydrogens (primary N) is 1. The van der Waals surface area contributed by atoms with Crippen LogP contribution >= 0.6 is 0 Å². The molecular weight excluding hydrogens is 270 g/mol. The summed E-state index contributed by atoms with van der Waals surface area (Å²) in [6.45, 7) is 3.64. The molecule has 1 aromatic heterocycles. The van der Waals surface area contributed by atoms with Gasteiger partial charge in [-0.2, -0.15) is 0 Å². The van der Waals surface area contributed by atoms with Crippen LogP contribution in [-0.2, 0) is 10.0 Å². The summed E-state index contributed by atoms with van der Waals surface area (Å²) < 4.78 is 26.5. The molecule has 19 heavy (non-hydrogen) atoms. The van der Waals surface area contributed by atoms with Crippen molar-refractivity contribution in [3.8, 4) is 0 Å². The van der Waals surface area contributed by atoms with Crippen molar-refractivity contribution in [3.63, 3.8) is 0 Å². The predicted molar refractivity (Wildman–Crippen MR) is 73.2 cm³/mol. The van der Waals surface area contributed by atoms with Crippen molar-refractivity contribution in [1.82, 2.24) is 9.97 Å². The lowest BCUT2D eigenvalue weighted by Gasteiger charge is -2.08. The fourth-order valence-electron chi connectivity index (χ4n) is 1.40. The summed E-state index contributed by atoms with van der Waals surface area (Å²) in [6.07, 6.45) is 1.57. The zero-order valence-corrected chi connectivity index (χ0v) is 11.4. The van der Waals surface area contributed by atoms with Crippen molar-refractivity contribution in [2.45, 2.75) is 18.7 Å². The van der Waals surface area contributed by atoms with Gasteiger partial charge in [-0.3, -0.25) is 0 Å². The number of aryl methyl sites for hydroxylation is 2. The second-order valence-corrected chi connectivity index (χ2v) is 5.82. The Labute approximate surface area is 111 Å². The normalized spacial score (nSPS) is 11.3. The van der Waals surface area contributed by atoms with Gasteiger partial charge in [0, 0.05) is 17.6 Å². The highest BCUT2D eigenvalue weighted by atomic mass is 32.2. The molecular formula is C12H14N4O2S. The van der Waals surface area contributed by atoms with Crippen molar-refractivity contribution < 1.29 is 8.42 Å². The smallest absolute Gasteiger partial charge is 0.264 e. The van der Waals surface area contributed by atoms with Crippen LogP contribution in [0.3, 0.4) is 0 Å². The number of nitrogens with one attached hydrogen (secondary N) is 1. The molecule has 1 heterocycles. The summed E-state index contributed by atoms with van der Waals surface area (Å²) in [5.41, 5.74) is 7.65. The van der Waals surface area contributed by atoms with E-state index in [-0.39, 0.29) is 10.8 Å². The summed E-state index contributed by atoms with van der Waals surface area (Å²) in [5, 5.41) is 0. The van der Waals surface area contributed by atoms with Crippen LogP contribution in [0.4, 0.5) is 11.6 Å². The average molecular weight is 284 g/mol. The van der Waals surface area contributed by atoms with E-state index in [1.54, 1.807) is 13.1 Å². The van der Waals surface area contributed by atoms with Gasteiger partial charge in [0.25, 0.3) is 10.0 Å². The van der Waals surface area contributed by atoms with E-state index < -0.39 is 10.0 Å². The van der Waals surface area contributed by atoms with Crippen LogP contribution in [0.25, 0.3) is 0 Å². The number of hydrogen-bond donors (Lipinski definition) is 2. The van der Waals surface area contributed by atoms with Crippen molar-refractivity contribution >= 4 is 21.7 Å². The molecule has 2 aromatic rings. The molecule has 0 aliphatic carbocycles. The van der Waals surface area contributed by atoms with Crippen LogP contribution in [0.15, 0.2) is 35.4 Å². The molecule has 0 saturated heterocycles. The van der Waals surface area contributed by atoms with Gasteiger partial charge in [-0.15, -0.1) is 0 Å². The minimum atomic E-state index is -3.69. The molecule has 100 valence electrons. The standard InChI is InChI=1S/C12H14N4O2S/c1-8-7-14-12(15-9(8)2)16-19(17,18)11-5-3-10(13)4-6-11/h3-7H,13H2,1-2H3,(H,14,15,16)/i3+1,4+1,5+1,6+1,10+1,11+1. The molecule has 3 N–H and O–H groups in total. The Hall–Kier alpha value is -2.15. The Balaban J connectivity index is 2.30. The van der Waals surface area contributed by atoms with Gasteiger partial charge in [-0.1, -0.05) is 0 Å². The molecule has 0 saturated carbocycles. The van der Waals surface area contributed by atoms with Crippen LogP contribution in [-0.4, -0.2) is 18.4 Å². The Kier molecular flexibility index (Phi) is 3.39. The zero-order chi connectivity index (χ0) is 14.0. The van der Waals surface area contributed by atoms with Gasteiger partial charge in [-0.25, -0.2) is 23.1 Å². The van der Waals surface area contributed by atoms with E-state index in [0.717, 1.165) is 11.3 Å². The van der Waals surface area contributed by atoms with E-state index in [1.807, 2.05) is 6.92 Å². The molecule has 0 amide bonds. The number of rotatable bonds is 3. The first-order valence-corrected chi connectivity index (χ1v) is 7.05. The number of nitrogen functional groups attached to an aromatic ring is 1. The molecule has 1 aromatic carbocycles. The monoisotopic (exact) mass is 284 g/mol. The highest BCUT2D eigenvalue weighted by Gasteiger charge is 2.15. The number of nitrogens with zero attached hydrogens (tertiary/aromatic N) is 2. The minimum absolute atomic E-state index is 0.0555. The van der Waals surface area contributed by atoms with E-state index in [1.165, 1.54) is 24.3 Å². The first kappa shape index (κ1) is 13.3. The van der Waals surface area contributed by atoms with Crippen molar-refractivity contribution in [3.05, 3.63) is 41.7 Å². The van der Waals surface area contributed by atoms with Gasteiger partial charge in [0.05, 0.1) is 4.90 Å². The quantitative estimate of drug-likeness (QED) is 0.832. The molecule has 7 heteroatoms. The Morgan fingerprint density at radius 3 is 2.37 bits per heavy atom. The zero-order valence-electron chi connectivity index (χ0n) is 10.6. The van der Waals surface area contributed by atoms with E-state index in [0.29, 0.717) is 5.69 Å². The molecule has 0 aliphatic rings. The number of sulfonamides is 1. The average Bonchev–Trinajstić information content (AvgIpc) is 2.34. The second-order valence-electron chi connectivity index (χ2n) is 4.14. The number of aromatic nitrogens is 2. The highest BCUT2D eigenvalue weighted by molar-refractivity contribution is 7.92. The van der Waals surface area contributed by atoms with Crippen LogP contribution in [0, 0.1) is 13.8 Å². The lowest BCUT2D eigenvalue weighted by Crippen LogP contribution is -2.15. The van der Waals surface area contributed by atoms with Gasteiger partial charge in [0.1, 0.15) is 0 Å². The number of anilines is 2. The molecule has 0 radical (unpaired) electrons. The molecule has 0 unspecified atom stereocenters. The molecule has 2 rings (SSSR count). The molecule has 0 spiro atoms. The Morgan fingerprint density at radius 1 is 1.16 bits per heavy atom. The fourth-order valence-corrected chi connectivity index (χ4v) is 2.35. The molecule has 0 atom stereocenters. The van der Waals surface area contributed by atoms with Crippen LogP contribution < -0.4 is 10.5 Å². The maximum atomic E-state index is 12.1. The first-order valence-electron chi connectivity index (χ1n) is 5.57. The SMILES string of the molecule is Cc1cnc(NS(=O)(=O)[13c]2[13cH][13cH][13c](N)[13cH][13cH]2)nc1C. The third kappa shape index (κ3) is 3.00. The molecule has 0 fully saturated rings. The van der Waals surface area contributed by atoms with E-state index in [4.69, 9.17) is 5.73 Å². The molecule has 0 aliphatic heterocycles. The first-order chi connectivity index (χ1) is 8.88. The van der Waals surface area contributed by atoms with Crippen LogP contribution in [0.1, 0.15) is 11.3 Å².